The van der Waals surface area contributed by atoms with E-state index in [0.717, 1.165) is 10.7 Å². The van der Waals surface area contributed by atoms with Gasteiger partial charge in [0.15, 0.2) is 5.96 Å². The third kappa shape index (κ3) is 4.16. The largest absolute Gasteiger partial charge is 0.370 e. The minimum Gasteiger partial charge on any atom is -0.370 e. The fourth-order valence-corrected chi connectivity index (χ4v) is 3.18. The van der Waals surface area contributed by atoms with Crippen molar-refractivity contribution in [2.45, 2.75) is 32.7 Å². The van der Waals surface area contributed by atoms with Crippen LogP contribution in [0, 0.1) is 6.92 Å². The molecule has 6 heteroatoms. The summed E-state index contributed by atoms with van der Waals surface area (Å²) in [6.07, 6.45) is 5.48. The Morgan fingerprint density at radius 1 is 1.38 bits per heavy atom. The van der Waals surface area contributed by atoms with Gasteiger partial charge in [0, 0.05) is 16.8 Å². The first-order valence-electron chi connectivity index (χ1n) is 6.81. The maximum Gasteiger partial charge on any atom is 0.193 e. The van der Waals surface area contributed by atoms with Crippen molar-refractivity contribution in [3.63, 3.8) is 0 Å². The van der Waals surface area contributed by atoms with E-state index < -0.39 is 0 Å². The molecule has 1 heterocycles. The lowest BCUT2D eigenvalue weighted by Gasteiger charge is -2.07. The number of hydrogen-bond acceptors (Lipinski definition) is 3. The van der Waals surface area contributed by atoms with E-state index in [2.05, 4.69) is 33.5 Å². The average molecular weight is 414 g/mol. The number of thiazole rings is 1. The Bertz CT molecular complexity index is 651. The number of nitrogens with two attached hydrogens (primary N) is 1. The van der Waals surface area contributed by atoms with Crippen molar-refractivity contribution >= 4 is 47.0 Å². The lowest BCUT2D eigenvalue weighted by Crippen LogP contribution is -2.22. The van der Waals surface area contributed by atoms with Gasteiger partial charge < -0.3 is 11.1 Å². The third-order valence-corrected chi connectivity index (χ3v) is 4.32. The summed E-state index contributed by atoms with van der Waals surface area (Å²) < 4.78 is 0. The lowest BCUT2D eigenvalue weighted by atomic mass is 10.1. The van der Waals surface area contributed by atoms with Gasteiger partial charge in [-0.1, -0.05) is 6.07 Å². The maximum absolute atomic E-state index is 5.92. The van der Waals surface area contributed by atoms with Crippen LogP contribution in [0.15, 0.2) is 29.4 Å². The summed E-state index contributed by atoms with van der Waals surface area (Å²) in [5, 5.41) is 4.14. The van der Waals surface area contributed by atoms with Gasteiger partial charge in [0.2, 0.25) is 0 Å². The SMILES string of the molecule is Cc1cnc(CN=C(N)Nc2ccc3c(c2)CCC3)s1.I. The zero-order valence-corrected chi connectivity index (χ0v) is 15.1. The molecule has 0 saturated heterocycles. The monoisotopic (exact) mass is 414 g/mol. The second kappa shape index (κ2) is 7.22. The Balaban J connectivity index is 0.00000161. The molecule has 21 heavy (non-hydrogen) atoms. The van der Waals surface area contributed by atoms with Crippen molar-refractivity contribution in [1.82, 2.24) is 4.98 Å². The van der Waals surface area contributed by atoms with Crippen molar-refractivity contribution < 1.29 is 0 Å². The minimum atomic E-state index is 0. The summed E-state index contributed by atoms with van der Waals surface area (Å²) >= 11 is 1.65. The van der Waals surface area contributed by atoms with Gasteiger partial charge >= 0.3 is 0 Å². The van der Waals surface area contributed by atoms with Crippen molar-refractivity contribution in [3.05, 3.63) is 45.4 Å². The second-order valence-corrected chi connectivity index (χ2v) is 6.35. The summed E-state index contributed by atoms with van der Waals surface area (Å²) in [7, 11) is 0. The Morgan fingerprint density at radius 3 is 2.95 bits per heavy atom. The summed E-state index contributed by atoms with van der Waals surface area (Å²) in [6, 6.07) is 6.43. The van der Waals surface area contributed by atoms with E-state index in [9.17, 15) is 0 Å². The fourth-order valence-electron chi connectivity index (χ4n) is 2.46. The Morgan fingerprint density at radius 2 is 2.19 bits per heavy atom. The predicted octanol–water partition coefficient (Wildman–Crippen LogP) is 3.49. The minimum absolute atomic E-state index is 0. The van der Waals surface area contributed by atoms with Crippen LogP contribution in [-0.2, 0) is 19.4 Å². The van der Waals surface area contributed by atoms with Gasteiger partial charge in [0.05, 0.1) is 6.54 Å². The molecule has 1 aromatic heterocycles. The predicted molar refractivity (Wildman–Crippen MR) is 99.7 cm³/mol. The summed E-state index contributed by atoms with van der Waals surface area (Å²) in [5.41, 5.74) is 9.83. The molecule has 0 saturated carbocycles. The molecule has 1 aliphatic rings. The van der Waals surface area contributed by atoms with Crippen LogP contribution in [0.5, 0.6) is 0 Å². The fraction of sp³-hybridized carbons (Fsp3) is 0.333. The van der Waals surface area contributed by atoms with E-state index in [0.29, 0.717) is 12.5 Å². The third-order valence-electron chi connectivity index (χ3n) is 3.42. The molecule has 0 radical (unpaired) electrons. The molecule has 3 N–H and O–H groups in total. The number of benzene rings is 1. The van der Waals surface area contributed by atoms with Crippen molar-refractivity contribution in [2.24, 2.45) is 10.7 Å². The summed E-state index contributed by atoms with van der Waals surface area (Å²) in [6.45, 7) is 2.57. The molecule has 0 unspecified atom stereocenters. The highest BCUT2D eigenvalue weighted by molar-refractivity contribution is 14.0. The van der Waals surface area contributed by atoms with Gasteiger partial charge in [0.25, 0.3) is 0 Å². The number of aliphatic imine (C=N–C) groups is 1. The first kappa shape index (κ1) is 16.2. The number of halogens is 1. The molecule has 4 nitrogen and oxygen atoms in total. The van der Waals surface area contributed by atoms with E-state index >= 15 is 0 Å². The van der Waals surface area contributed by atoms with Gasteiger partial charge in [-0.05, 0) is 49.4 Å². The molecule has 1 aromatic carbocycles. The molecule has 0 amide bonds. The zero-order valence-electron chi connectivity index (χ0n) is 11.9. The number of aromatic nitrogens is 1. The van der Waals surface area contributed by atoms with Gasteiger partial charge in [0.1, 0.15) is 5.01 Å². The van der Waals surface area contributed by atoms with Crippen molar-refractivity contribution in [3.8, 4) is 0 Å². The molecule has 0 atom stereocenters. The number of rotatable bonds is 3. The van der Waals surface area contributed by atoms with Crippen LogP contribution >= 0.6 is 35.3 Å². The number of nitrogens with zero attached hydrogens (tertiary/aromatic N) is 2. The topological polar surface area (TPSA) is 63.3 Å². The highest BCUT2D eigenvalue weighted by Gasteiger charge is 2.10. The van der Waals surface area contributed by atoms with Gasteiger partial charge in [-0.2, -0.15) is 0 Å². The Hall–Kier alpha value is -1.15. The molecule has 1 aliphatic carbocycles. The van der Waals surface area contributed by atoms with Crippen LogP contribution in [0.2, 0.25) is 0 Å². The number of guanidine groups is 1. The number of nitrogens with one attached hydrogen (secondary N) is 1. The lowest BCUT2D eigenvalue weighted by molar-refractivity contribution is 0.912. The Labute approximate surface area is 145 Å². The van der Waals surface area contributed by atoms with Crippen molar-refractivity contribution in [1.29, 1.82) is 0 Å². The molecular formula is C15H19IN4S. The smallest absolute Gasteiger partial charge is 0.193 e. The van der Waals surface area contributed by atoms with Crippen LogP contribution in [-0.4, -0.2) is 10.9 Å². The Kier molecular flexibility index (Phi) is 5.58. The van der Waals surface area contributed by atoms with Gasteiger partial charge in [-0.3, -0.25) is 0 Å². The second-order valence-electron chi connectivity index (χ2n) is 5.03. The van der Waals surface area contributed by atoms with Crippen LogP contribution in [0.4, 0.5) is 5.69 Å². The van der Waals surface area contributed by atoms with Crippen LogP contribution in [0.1, 0.15) is 27.4 Å². The molecule has 0 bridgehead atoms. The molecule has 112 valence electrons. The summed E-state index contributed by atoms with van der Waals surface area (Å²) in [5.74, 6) is 0.441. The first-order valence-corrected chi connectivity index (χ1v) is 7.62. The van der Waals surface area contributed by atoms with Crippen LogP contribution < -0.4 is 11.1 Å². The number of aryl methyl sites for hydroxylation is 3. The van der Waals surface area contributed by atoms with E-state index in [-0.39, 0.29) is 24.0 Å². The zero-order chi connectivity index (χ0) is 13.9. The molecule has 3 rings (SSSR count). The standard InChI is InChI=1S/C15H18N4S.HI/c1-10-8-17-14(20-10)9-18-15(16)19-13-6-5-11-3-2-4-12(11)7-13;/h5-8H,2-4,9H2,1H3,(H3,16,18,19);1H. The normalized spacial score (nSPS) is 13.7. The van der Waals surface area contributed by atoms with Gasteiger partial charge in [-0.25, -0.2) is 9.98 Å². The number of hydrogen-bond donors (Lipinski definition) is 2. The van der Waals surface area contributed by atoms with E-state index in [4.69, 9.17) is 5.73 Å². The van der Waals surface area contributed by atoms with E-state index in [1.807, 2.05) is 13.1 Å². The molecule has 0 aliphatic heterocycles. The van der Waals surface area contributed by atoms with E-state index in [1.54, 1.807) is 11.3 Å². The molecular weight excluding hydrogens is 395 g/mol. The van der Waals surface area contributed by atoms with Crippen LogP contribution in [0.25, 0.3) is 0 Å². The van der Waals surface area contributed by atoms with Crippen molar-refractivity contribution in [2.75, 3.05) is 5.32 Å². The molecule has 2 aromatic rings. The quantitative estimate of drug-likeness (QED) is 0.459. The summed E-state index contributed by atoms with van der Waals surface area (Å²) in [4.78, 5) is 9.79. The molecule has 0 spiro atoms. The first-order chi connectivity index (χ1) is 9.70. The van der Waals surface area contributed by atoms with Gasteiger partial charge in [-0.15, -0.1) is 35.3 Å². The average Bonchev–Trinajstić information content (AvgIpc) is 3.04. The highest BCUT2D eigenvalue weighted by Crippen LogP contribution is 2.24. The highest BCUT2D eigenvalue weighted by atomic mass is 127. The maximum atomic E-state index is 5.92. The van der Waals surface area contributed by atoms with E-state index in [1.165, 1.54) is 35.3 Å². The molecule has 0 fully saturated rings. The number of fused-ring (bicyclic) bond motifs is 1. The van der Waals surface area contributed by atoms with Crippen LogP contribution in [0.3, 0.4) is 0 Å². The number of anilines is 1.